The fraction of sp³-hybridized carbons (Fsp3) is 0.714. The van der Waals surface area contributed by atoms with Crippen LogP contribution < -0.4 is 0 Å². The molecule has 0 amide bonds. The standard InChI is InChI=1S/C14H22N2O2S/c1-9-14(19-11(3)15-9)10(2)16(8-13(17)18)12-6-4-5-7-12/h10,12H,4-8H2,1-3H3,(H,17,18). The topological polar surface area (TPSA) is 53.4 Å². The van der Waals surface area contributed by atoms with Crippen molar-refractivity contribution in [1.82, 2.24) is 9.88 Å². The average molecular weight is 282 g/mol. The van der Waals surface area contributed by atoms with Gasteiger partial charge in [0, 0.05) is 17.0 Å². The molecule has 1 saturated carbocycles. The van der Waals surface area contributed by atoms with Crippen molar-refractivity contribution in [1.29, 1.82) is 0 Å². The summed E-state index contributed by atoms with van der Waals surface area (Å²) in [6.07, 6.45) is 4.67. The van der Waals surface area contributed by atoms with Gasteiger partial charge in [-0.2, -0.15) is 0 Å². The first-order chi connectivity index (χ1) is 8.99. The first-order valence-electron chi connectivity index (χ1n) is 6.90. The van der Waals surface area contributed by atoms with Crippen LogP contribution in [0, 0.1) is 13.8 Å². The van der Waals surface area contributed by atoms with Gasteiger partial charge in [0.2, 0.25) is 0 Å². The first-order valence-corrected chi connectivity index (χ1v) is 7.72. The van der Waals surface area contributed by atoms with Gasteiger partial charge in [0.15, 0.2) is 0 Å². The molecule has 2 rings (SSSR count). The zero-order chi connectivity index (χ0) is 14.0. The second-order valence-corrected chi connectivity index (χ2v) is 6.60. The summed E-state index contributed by atoms with van der Waals surface area (Å²) in [5.74, 6) is -0.738. The lowest BCUT2D eigenvalue weighted by Gasteiger charge is -2.32. The molecule has 1 N–H and O–H groups in total. The van der Waals surface area contributed by atoms with Crippen molar-refractivity contribution in [3.63, 3.8) is 0 Å². The number of aromatic nitrogens is 1. The van der Waals surface area contributed by atoms with Crippen LogP contribution in [-0.4, -0.2) is 33.5 Å². The van der Waals surface area contributed by atoms with E-state index in [4.69, 9.17) is 5.11 Å². The Balaban J connectivity index is 2.21. The van der Waals surface area contributed by atoms with Crippen LogP contribution in [0.4, 0.5) is 0 Å². The summed E-state index contributed by atoms with van der Waals surface area (Å²) in [5.41, 5.74) is 1.04. The van der Waals surface area contributed by atoms with E-state index in [1.54, 1.807) is 11.3 Å². The van der Waals surface area contributed by atoms with Crippen LogP contribution in [0.2, 0.25) is 0 Å². The fourth-order valence-electron chi connectivity index (χ4n) is 3.06. The molecule has 1 aliphatic rings. The summed E-state index contributed by atoms with van der Waals surface area (Å²) in [6.45, 7) is 6.26. The van der Waals surface area contributed by atoms with Crippen LogP contribution >= 0.6 is 11.3 Å². The number of rotatable bonds is 5. The lowest BCUT2D eigenvalue weighted by molar-refractivity contribution is -0.139. The van der Waals surface area contributed by atoms with E-state index in [0.717, 1.165) is 23.5 Å². The maximum absolute atomic E-state index is 11.1. The van der Waals surface area contributed by atoms with Crippen molar-refractivity contribution < 1.29 is 9.90 Å². The van der Waals surface area contributed by atoms with Gasteiger partial charge in [-0.3, -0.25) is 9.69 Å². The van der Waals surface area contributed by atoms with Crippen molar-refractivity contribution in [3.8, 4) is 0 Å². The van der Waals surface area contributed by atoms with E-state index in [2.05, 4.69) is 16.8 Å². The molecule has 5 heteroatoms. The number of carboxylic acid groups (broad SMARTS) is 1. The molecule has 1 aliphatic carbocycles. The van der Waals surface area contributed by atoms with E-state index in [1.165, 1.54) is 17.7 Å². The van der Waals surface area contributed by atoms with Crippen LogP contribution in [0.15, 0.2) is 0 Å². The van der Waals surface area contributed by atoms with Crippen molar-refractivity contribution in [2.24, 2.45) is 0 Å². The van der Waals surface area contributed by atoms with E-state index >= 15 is 0 Å². The summed E-state index contributed by atoms with van der Waals surface area (Å²) < 4.78 is 0. The van der Waals surface area contributed by atoms with Gasteiger partial charge in [-0.1, -0.05) is 12.8 Å². The number of hydrogen-bond donors (Lipinski definition) is 1. The van der Waals surface area contributed by atoms with Gasteiger partial charge in [0.05, 0.1) is 17.2 Å². The Labute approximate surface area is 118 Å². The predicted octanol–water partition coefficient (Wildman–Crippen LogP) is 3.15. The lowest BCUT2D eigenvalue weighted by atomic mass is 10.1. The highest BCUT2D eigenvalue weighted by molar-refractivity contribution is 7.11. The van der Waals surface area contributed by atoms with E-state index in [1.807, 2.05) is 13.8 Å². The molecule has 0 spiro atoms. The van der Waals surface area contributed by atoms with Crippen LogP contribution in [-0.2, 0) is 4.79 Å². The lowest BCUT2D eigenvalue weighted by Crippen LogP contribution is -2.39. The minimum atomic E-state index is -0.738. The second kappa shape index (κ2) is 6.01. The van der Waals surface area contributed by atoms with E-state index in [0.29, 0.717) is 6.04 Å². The smallest absolute Gasteiger partial charge is 0.317 e. The second-order valence-electron chi connectivity index (χ2n) is 5.36. The van der Waals surface area contributed by atoms with Crippen LogP contribution in [0.5, 0.6) is 0 Å². The number of hydrogen-bond acceptors (Lipinski definition) is 4. The molecule has 1 atom stereocenters. The molecule has 1 aromatic heterocycles. The first kappa shape index (κ1) is 14.5. The highest BCUT2D eigenvalue weighted by Gasteiger charge is 2.30. The normalized spacial score (nSPS) is 18.1. The van der Waals surface area contributed by atoms with Crippen LogP contribution in [0.3, 0.4) is 0 Å². The Bertz CT molecular complexity index is 452. The highest BCUT2D eigenvalue weighted by Crippen LogP contribution is 2.34. The van der Waals surface area contributed by atoms with Crippen molar-refractivity contribution in [3.05, 3.63) is 15.6 Å². The predicted molar refractivity (Wildman–Crippen MR) is 76.6 cm³/mol. The van der Waals surface area contributed by atoms with Crippen LogP contribution in [0.25, 0.3) is 0 Å². The van der Waals surface area contributed by atoms with E-state index in [-0.39, 0.29) is 12.6 Å². The Hall–Kier alpha value is -0.940. The molecule has 19 heavy (non-hydrogen) atoms. The zero-order valence-electron chi connectivity index (χ0n) is 11.8. The summed E-state index contributed by atoms with van der Waals surface area (Å²) in [4.78, 5) is 19.0. The SMILES string of the molecule is Cc1nc(C)c(C(C)N(CC(=O)O)C2CCCC2)s1. The number of aliphatic carboxylic acids is 1. The van der Waals surface area contributed by atoms with Crippen molar-refractivity contribution in [2.75, 3.05) is 6.54 Å². The average Bonchev–Trinajstić information content (AvgIpc) is 2.94. The van der Waals surface area contributed by atoms with Gasteiger partial charge in [-0.15, -0.1) is 11.3 Å². The largest absolute Gasteiger partial charge is 0.480 e. The maximum Gasteiger partial charge on any atom is 0.317 e. The van der Waals surface area contributed by atoms with Gasteiger partial charge in [0.1, 0.15) is 0 Å². The number of thiazole rings is 1. The number of carboxylic acids is 1. The third kappa shape index (κ3) is 3.34. The van der Waals surface area contributed by atoms with Crippen LogP contribution in [0.1, 0.15) is 54.2 Å². The van der Waals surface area contributed by atoms with Gasteiger partial charge < -0.3 is 5.11 Å². The van der Waals surface area contributed by atoms with Crippen molar-refractivity contribution >= 4 is 17.3 Å². The zero-order valence-corrected chi connectivity index (χ0v) is 12.7. The molecule has 106 valence electrons. The van der Waals surface area contributed by atoms with Crippen molar-refractivity contribution in [2.45, 2.75) is 58.5 Å². The van der Waals surface area contributed by atoms with Gasteiger partial charge in [-0.05, 0) is 33.6 Å². The Morgan fingerprint density at radius 2 is 2.11 bits per heavy atom. The van der Waals surface area contributed by atoms with Gasteiger partial charge >= 0.3 is 5.97 Å². The summed E-state index contributed by atoms with van der Waals surface area (Å²) in [7, 11) is 0. The molecule has 0 radical (unpaired) electrons. The number of nitrogens with zero attached hydrogens (tertiary/aromatic N) is 2. The van der Waals surface area contributed by atoms with E-state index < -0.39 is 5.97 Å². The third-order valence-corrected chi connectivity index (χ3v) is 5.17. The molecule has 0 aromatic carbocycles. The molecular weight excluding hydrogens is 260 g/mol. The van der Waals surface area contributed by atoms with E-state index in [9.17, 15) is 4.79 Å². The number of carbonyl (C=O) groups is 1. The quantitative estimate of drug-likeness (QED) is 0.901. The molecule has 4 nitrogen and oxygen atoms in total. The highest BCUT2D eigenvalue weighted by atomic mass is 32.1. The molecular formula is C14H22N2O2S. The summed E-state index contributed by atoms with van der Waals surface area (Å²) in [6, 6.07) is 0.554. The van der Waals surface area contributed by atoms with Gasteiger partial charge in [0.25, 0.3) is 0 Å². The Morgan fingerprint density at radius 3 is 2.58 bits per heavy atom. The monoisotopic (exact) mass is 282 g/mol. The molecule has 1 unspecified atom stereocenters. The molecule has 0 aliphatic heterocycles. The minimum absolute atomic E-state index is 0.127. The fourth-order valence-corrected chi connectivity index (χ4v) is 4.06. The summed E-state index contributed by atoms with van der Waals surface area (Å²) in [5, 5.41) is 10.2. The Morgan fingerprint density at radius 1 is 1.47 bits per heavy atom. The molecule has 1 fully saturated rings. The third-order valence-electron chi connectivity index (χ3n) is 3.93. The molecule has 1 aromatic rings. The van der Waals surface area contributed by atoms with Gasteiger partial charge in [-0.25, -0.2) is 4.98 Å². The molecule has 0 saturated heterocycles. The number of aryl methyl sites for hydroxylation is 2. The minimum Gasteiger partial charge on any atom is -0.480 e. The Kier molecular flexibility index (Phi) is 4.58. The maximum atomic E-state index is 11.1. The molecule has 1 heterocycles. The summed E-state index contributed by atoms with van der Waals surface area (Å²) >= 11 is 1.69. The molecule has 0 bridgehead atoms.